The van der Waals surface area contributed by atoms with E-state index in [9.17, 15) is 23.1 Å². The third kappa shape index (κ3) is 5.94. The number of hydrogen-bond acceptors (Lipinski definition) is 4. The van der Waals surface area contributed by atoms with Crippen molar-refractivity contribution in [3.05, 3.63) is 76.4 Å². The fraction of sp³-hybridized carbons (Fsp3) is 0.348. The van der Waals surface area contributed by atoms with Gasteiger partial charge >= 0.3 is 6.18 Å². The summed E-state index contributed by atoms with van der Waals surface area (Å²) in [6.07, 6.45) is 0.614. The van der Waals surface area contributed by atoms with Crippen LogP contribution in [0.3, 0.4) is 0 Å². The number of benzene rings is 2. The summed E-state index contributed by atoms with van der Waals surface area (Å²) in [6.45, 7) is 0.928. The van der Waals surface area contributed by atoms with E-state index in [2.05, 4.69) is 4.90 Å². The Hall–Kier alpha value is -2.68. The molecule has 1 unspecified atom stereocenters. The summed E-state index contributed by atoms with van der Waals surface area (Å²) in [4.78, 5) is 13.3. The van der Waals surface area contributed by atoms with Crippen molar-refractivity contribution in [2.45, 2.75) is 31.5 Å². The minimum Gasteiger partial charge on any atom is -0.395 e. The van der Waals surface area contributed by atoms with Crippen LogP contribution in [0.25, 0.3) is 6.08 Å². The van der Waals surface area contributed by atoms with E-state index in [0.29, 0.717) is 25.1 Å². The average molecular weight is 434 g/mol. The number of hydroxylamine groups is 1. The van der Waals surface area contributed by atoms with Crippen molar-refractivity contribution >= 4 is 12.0 Å². The topological polar surface area (TPSA) is 72.8 Å². The number of carbonyl (C=O) groups excluding carboxylic acids is 1. The SMILES string of the molecule is O=C(C=Cc1ccc2c(c1)CCC2N(CCO)CCc1cccc(C(F)(F)F)c1)NO. The number of nitrogens with one attached hydrogen (secondary N) is 1. The summed E-state index contributed by atoms with van der Waals surface area (Å²) in [5.74, 6) is -0.609. The second kappa shape index (κ2) is 10.1. The van der Waals surface area contributed by atoms with E-state index in [1.54, 1.807) is 17.6 Å². The van der Waals surface area contributed by atoms with E-state index in [1.807, 2.05) is 18.2 Å². The molecule has 1 aliphatic rings. The molecule has 3 rings (SSSR count). The summed E-state index contributed by atoms with van der Waals surface area (Å²) >= 11 is 0. The number of aryl methyl sites for hydroxylation is 1. The van der Waals surface area contributed by atoms with Gasteiger partial charge in [-0.3, -0.25) is 14.9 Å². The molecule has 3 N–H and O–H groups in total. The maximum Gasteiger partial charge on any atom is 0.416 e. The monoisotopic (exact) mass is 434 g/mol. The van der Waals surface area contributed by atoms with Gasteiger partial charge in [0.05, 0.1) is 12.2 Å². The van der Waals surface area contributed by atoms with E-state index in [4.69, 9.17) is 5.21 Å². The van der Waals surface area contributed by atoms with Crippen molar-refractivity contribution in [2.75, 3.05) is 19.7 Å². The van der Waals surface area contributed by atoms with Crippen LogP contribution in [0.15, 0.2) is 48.5 Å². The molecule has 0 aliphatic heterocycles. The Balaban J connectivity index is 1.72. The van der Waals surface area contributed by atoms with E-state index >= 15 is 0 Å². The number of rotatable bonds is 8. The second-order valence-electron chi connectivity index (χ2n) is 7.53. The number of carbonyl (C=O) groups is 1. The number of aliphatic hydroxyl groups is 1. The highest BCUT2D eigenvalue weighted by Crippen LogP contribution is 2.36. The molecule has 0 heterocycles. The van der Waals surface area contributed by atoms with Crippen LogP contribution in [0, 0.1) is 0 Å². The first-order valence-corrected chi connectivity index (χ1v) is 10.1. The van der Waals surface area contributed by atoms with Gasteiger partial charge in [0.15, 0.2) is 0 Å². The van der Waals surface area contributed by atoms with Crippen molar-refractivity contribution in [3.8, 4) is 0 Å². The summed E-state index contributed by atoms with van der Waals surface area (Å²) < 4.78 is 38.9. The van der Waals surface area contributed by atoms with Gasteiger partial charge in [-0.25, -0.2) is 5.48 Å². The average Bonchev–Trinajstić information content (AvgIpc) is 3.17. The third-order valence-corrected chi connectivity index (χ3v) is 5.52. The lowest BCUT2D eigenvalue weighted by Crippen LogP contribution is -2.32. The largest absolute Gasteiger partial charge is 0.416 e. The van der Waals surface area contributed by atoms with Gasteiger partial charge in [-0.15, -0.1) is 0 Å². The molecule has 0 fully saturated rings. The van der Waals surface area contributed by atoms with Crippen LogP contribution in [0.5, 0.6) is 0 Å². The summed E-state index contributed by atoms with van der Waals surface area (Å²) in [6, 6.07) is 11.3. The standard InChI is InChI=1S/C23H25F3N2O3/c24-23(25,26)19-3-1-2-16(15-19)10-11-28(12-13-29)21-8-6-18-14-17(4-7-20(18)21)5-9-22(30)27-31/h1-5,7,9,14-15,21,29,31H,6,8,10-13H2,(H,27,30). The maximum absolute atomic E-state index is 13.0. The first-order chi connectivity index (χ1) is 14.8. The number of aliphatic hydroxyl groups excluding tert-OH is 1. The molecule has 5 nitrogen and oxygen atoms in total. The second-order valence-corrected chi connectivity index (χ2v) is 7.53. The van der Waals surface area contributed by atoms with Gasteiger partial charge in [0, 0.05) is 25.2 Å². The molecule has 0 radical (unpaired) electrons. The molecular formula is C23H25F3N2O3. The van der Waals surface area contributed by atoms with Crippen molar-refractivity contribution in [2.24, 2.45) is 0 Å². The highest BCUT2D eigenvalue weighted by molar-refractivity contribution is 5.90. The first kappa shape index (κ1) is 23.0. The molecule has 0 aromatic heterocycles. The Labute approximate surface area is 178 Å². The van der Waals surface area contributed by atoms with Crippen LogP contribution in [0.2, 0.25) is 0 Å². The van der Waals surface area contributed by atoms with E-state index in [0.717, 1.165) is 35.6 Å². The number of hydrogen-bond donors (Lipinski definition) is 3. The summed E-state index contributed by atoms with van der Waals surface area (Å²) in [5, 5.41) is 18.1. The molecule has 166 valence electrons. The van der Waals surface area contributed by atoms with Gasteiger partial charge in [-0.2, -0.15) is 13.2 Å². The zero-order chi connectivity index (χ0) is 22.4. The lowest BCUT2D eigenvalue weighted by molar-refractivity contribution is -0.137. The molecule has 1 aliphatic carbocycles. The minimum atomic E-state index is -4.37. The Morgan fingerprint density at radius 1 is 1.19 bits per heavy atom. The predicted molar refractivity (Wildman–Crippen MR) is 110 cm³/mol. The molecule has 0 saturated carbocycles. The Morgan fingerprint density at radius 2 is 2.00 bits per heavy atom. The minimum absolute atomic E-state index is 0.0362. The molecule has 1 amide bonds. The zero-order valence-corrected chi connectivity index (χ0v) is 16.9. The Kier molecular flexibility index (Phi) is 7.48. The fourth-order valence-electron chi connectivity index (χ4n) is 4.03. The number of nitrogens with zero attached hydrogens (tertiary/aromatic N) is 1. The van der Waals surface area contributed by atoms with E-state index in [1.165, 1.54) is 18.2 Å². The Morgan fingerprint density at radius 3 is 2.71 bits per heavy atom. The highest BCUT2D eigenvalue weighted by atomic mass is 19.4. The van der Waals surface area contributed by atoms with Crippen LogP contribution >= 0.6 is 0 Å². The van der Waals surface area contributed by atoms with Crippen LogP contribution < -0.4 is 5.48 Å². The lowest BCUT2D eigenvalue weighted by atomic mass is 10.0. The van der Waals surface area contributed by atoms with Gasteiger partial charge in [0.1, 0.15) is 0 Å². The number of fused-ring (bicyclic) bond motifs is 1. The van der Waals surface area contributed by atoms with Gasteiger partial charge in [0.2, 0.25) is 0 Å². The molecule has 0 bridgehead atoms. The molecule has 0 spiro atoms. The number of alkyl halides is 3. The van der Waals surface area contributed by atoms with Crippen molar-refractivity contribution in [3.63, 3.8) is 0 Å². The van der Waals surface area contributed by atoms with Crippen LogP contribution in [-0.2, 0) is 23.8 Å². The van der Waals surface area contributed by atoms with Gasteiger partial charge < -0.3 is 5.11 Å². The number of halogens is 3. The molecule has 31 heavy (non-hydrogen) atoms. The maximum atomic E-state index is 13.0. The van der Waals surface area contributed by atoms with Gasteiger partial charge in [-0.05, 0) is 53.7 Å². The van der Waals surface area contributed by atoms with E-state index in [-0.39, 0.29) is 12.6 Å². The zero-order valence-electron chi connectivity index (χ0n) is 16.9. The normalized spacial score (nSPS) is 16.1. The van der Waals surface area contributed by atoms with Gasteiger partial charge in [0.25, 0.3) is 5.91 Å². The van der Waals surface area contributed by atoms with E-state index < -0.39 is 17.6 Å². The quantitative estimate of drug-likeness (QED) is 0.336. The Bertz CT molecular complexity index is 944. The molecule has 8 heteroatoms. The molecule has 1 atom stereocenters. The summed E-state index contributed by atoms with van der Waals surface area (Å²) in [7, 11) is 0. The van der Waals surface area contributed by atoms with Crippen LogP contribution in [0.4, 0.5) is 13.2 Å². The van der Waals surface area contributed by atoms with Crippen molar-refractivity contribution < 1.29 is 28.3 Å². The number of amides is 1. The summed E-state index contributed by atoms with van der Waals surface area (Å²) in [5.41, 5.74) is 4.60. The van der Waals surface area contributed by atoms with Crippen molar-refractivity contribution in [1.82, 2.24) is 10.4 Å². The van der Waals surface area contributed by atoms with Crippen LogP contribution in [0.1, 0.15) is 40.3 Å². The van der Waals surface area contributed by atoms with Crippen LogP contribution in [-0.4, -0.2) is 40.8 Å². The van der Waals surface area contributed by atoms with Gasteiger partial charge in [-0.1, -0.05) is 36.4 Å². The fourth-order valence-corrected chi connectivity index (χ4v) is 4.03. The van der Waals surface area contributed by atoms with Crippen molar-refractivity contribution in [1.29, 1.82) is 0 Å². The molecule has 0 saturated heterocycles. The lowest BCUT2D eigenvalue weighted by Gasteiger charge is -2.29. The smallest absolute Gasteiger partial charge is 0.395 e. The molecular weight excluding hydrogens is 409 g/mol. The molecule has 2 aromatic carbocycles. The predicted octanol–water partition coefficient (Wildman–Crippen LogP) is 3.75. The highest BCUT2D eigenvalue weighted by Gasteiger charge is 2.31. The first-order valence-electron chi connectivity index (χ1n) is 10.1. The third-order valence-electron chi connectivity index (χ3n) is 5.52. The molecule has 2 aromatic rings.